The van der Waals surface area contributed by atoms with Crippen LogP contribution in [0.5, 0.6) is 0 Å². The van der Waals surface area contributed by atoms with Crippen molar-refractivity contribution in [3.63, 3.8) is 0 Å². The zero-order chi connectivity index (χ0) is 21.9. The average molecular weight is 455 g/mol. The van der Waals surface area contributed by atoms with Gasteiger partial charge >= 0.3 is 5.97 Å². The number of rotatable bonds is 6. The van der Waals surface area contributed by atoms with E-state index in [1.165, 1.54) is 10.4 Å². The van der Waals surface area contributed by atoms with Crippen LogP contribution in [-0.4, -0.2) is 44.3 Å². The molecule has 0 unspecified atom stereocenters. The Bertz CT molecular complexity index is 1060. The quantitative estimate of drug-likeness (QED) is 0.670. The lowest BCUT2D eigenvalue weighted by atomic mass is 10.2. The van der Waals surface area contributed by atoms with E-state index in [4.69, 9.17) is 4.74 Å². The molecule has 1 saturated heterocycles. The summed E-state index contributed by atoms with van der Waals surface area (Å²) in [5.41, 5.74) is 0.664. The zero-order valence-corrected chi connectivity index (χ0v) is 18.4. The summed E-state index contributed by atoms with van der Waals surface area (Å²) in [6.45, 7) is 4.33. The zero-order valence-electron chi connectivity index (χ0n) is 16.7. The maximum absolute atomic E-state index is 14.3. The molecule has 10 heteroatoms. The third-order valence-electron chi connectivity index (χ3n) is 4.74. The number of carbonyl (C=O) groups excluding carboxylic acids is 2. The van der Waals surface area contributed by atoms with Gasteiger partial charge in [0.1, 0.15) is 15.6 Å². The molecule has 0 spiro atoms. The normalized spacial score (nSPS) is 15.0. The predicted octanol–water partition coefficient (Wildman–Crippen LogP) is 3.80. The molecule has 1 aliphatic heterocycles. The molecule has 0 atom stereocenters. The van der Waals surface area contributed by atoms with Crippen LogP contribution < -0.4 is 5.32 Å². The Kier molecular flexibility index (Phi) is 6.89. The SMILES string of the molecule is CCOC(=O)c1sc(NC(=O)c2ccc(F)c(S(=O)(=O)N3CCCCC3)c2)cc1C. The van der Waals surface area contributed by atoms with Gasteiger partial charge in [0.2, 0.25) is 10.0 Å². The smallest absolute Gasteiger partial charge is 0.348 e. The highest BCUT2D eigenvalue weighted by atomic mass is 32.2. The first-order valence-electron chi connectivity index (χ1n) is 9.62. The maximum atomic E-state index is 14.3. The summed E-state index contributed by atoms with van der Waals surface area (Å²) in [4.78, 5) is 24.5. The lowest BCUT2D eigenvalue weighted by Gasteiger charge is -2.26. The van der Waals surface area contributed by atoms with Crippen molar-refractivity contribution in [3.8, 4) is 0 Å². The Hall–Kier alpha value is -2.30. The third-order valence-corrected chi connectivity index (χ3v) is 7.79. The summed E-state index contributed by atoms with van der Waals surface area (Å²) in [5, 5.41) is 3.04. The Morgan fingerprint density at radius 2 is 1.90 bits per heavy atom. The number of amides is 1. The minimum Gasteiger partial charge on any atom is -0.462 e. The maximum Gasteiger partial charge on any atom is 0.348 e. The van der Waals surface area contributed by atoms with Crippen LogP contribution in [0.2, 0.25) is 0 Å². The minimum atomic E-state index is -4.02. The molecule has 0 aliphatic carbocycles. The Morgan fingerprint density at radius 3 is 2.57 bits per heavy atom. The van der Waals surface area contributed by atoms with Crippen LogP contribution in [0.4, 0.5) is 9.39 Å². The van der Waals surface area contributed by atoms with Crippen LogP contribution in [-0.2, 0) is 14.8 Å². The fourth-order valence-corrected chi connectivity index (χ4v) is 5.78. The second-order valence-corrected chi connectivity index (χ2v) is 9.87. The van der Waals surface area contributed by atoms with E-state index >= 15 is 0 Å². The molecule has 30 heavy (non-hydrogen) atoms. The number of halogens is 1. The van der Waals surface area contributed by atoms with Gasteiger partial charge in [0.25, 0.3) is 5.91 Å². The van der Waals surface area contributed by atoms with Crippen LogP contribution >= 0.6 is 11.3 Å². The Labute approximate surface area is 178 Å². The van der Waals surface area contributed by atoms with E-state index in [2.05, 4.69) is 5.32 Å². The van der Waals surface area contributed by atoms with Crippen molar-refractivity contribution in [3.05, 3.63) is 46.1 Å². The molecular formula is C20H23FN2O5S2. The number of thiophene rings is 1. The number of nitrogens with one attached hydrogen (secondary N) is 1. The molecule has 162 valence electrons. The first kappa shape index (κ1) is 22.4. The van der Waals surface area contributed by atoms with Gasteiger partial charge in [-0.05, 0) is 56.5 Å². The second kappa shape index (κ2) is 9.23. The minimum absolute atomic E-state index is 0.00993. The number of piperidine rings is 1. The van der Waals surface area contributed by atoms with E-state index in [1.807, 2.05) is 0 Å². The highest BCUT2D eigenvalue weighted by Gasteiger charge is 2.29. The molecule has 1 aromatic heterocycles. The number of sulfonamides is 1. The fraction of sp³-hybridized carbons (Fsp3) is 0.400. The van der Waals surface area contributed by atoms with Crippen molar-refractivity contribution in [2.24, 2.45) is 0 Å². The molecule has 7 nitrogen and oxygen atoms in total. The van der Waals surface area contributed by atoms with E-state index in [0.717, 1.165) is 42.7 Å². The number of hydrogen-bond donors (Lipinski definition) is 1. The molecular weight excluding hydrogens is 431 g/mol. The average Bonchev–Trinajstić information content (AvgIpc) is 3.09. The Morgan fingerprint density at radius 1 is 1.20 bits per heavy atom. The monoisotopic (exact) mass is 454 g/mol. The van der Waals surface area contributed by atoms with Crippen molar-refractivity contribution < 1.29 is 27.1 Å². The topological polar surface area (TPSA) is 92.8 Å². The highest BCUT2D eigenvalue weighted by molar-refractivity contribution is 7.89. The van der Waals surface area contributed by atoms with Crippen LogP contribution in [0.25, 0.3) is 0 Å². The first-order chi connectivity index (χ1) is 14.2. The number of carbonyl (C=O) groups is 2. The number of benzene rings is 1. The van der Waals surface area contributed by atoms with Gasteiger partial charge in [-0.2, -0.15) is 4.31 Å². The summed E-state index contributed by atoms with van der Waals surface area (Å²) < 4.78 is 46.2. The summed E-state index contributed by atoms with van der Waals surface area (Å²) in [5.74, 6) is -1.97. The van der Waals surface area contributed by atoms with Crippen LogP contribution in [0.1, 0.15) is 51.8 Å². The van der Waals surface area contributed by atoms with Crippen molar-refractivity contribution in [2.75, 3.05) is 25.0 Å². The van der Waals surface area contributed by atoms with Crippen molar-refractivity contribution >= 4 is 38.2 Å². The summed E-state index contributed by atoms with van der Waals surface area (Å²) in [6.07, 6.45) is 2.38. The lowest BCUT2D eigenvalue weighted by molar-refractivity contribution is 0.0531. The third kappa shape index (κ3) is 4.71. The van der Waals surface area contributed by atoms with E-state index in [9.17, 15) is 22.4 Å². The van der Waals surface area contributed by atoms with Crippen LogP contribution in [0, 0.1) is 12.7 Å². The molecule has 0 radical (unpaired) electrons. The molecule has 1 aromatic carbocycles. The molecule has 1 aliphatic rings. The van der Waals surface area contributed by atoms with Crippen LogP contribution in [0.15, 0.2) is 29.2 Å². The Balaban J connectivity index is 1.83. The fourth-order valence-electron chi connectivity index (χ4n) is 3.21. The molecule has 3 rings (SSSR count). The molecule has 2 heterocycles. The largest absolute Gasteiger partial charge is 0.462 e. The number of ether oxygens (including phenoxy) is 1. The van der Waals surface area contributed by atoms with Gasteiger partial charge in [-0.3, -0.25) is 4.79 Å². The van der Waals surface area contributed by atoms with Crippen LogP contribution in [0.3, 0.4) is 0 Å². The number of nitrogens with zero attached hydrogens (tertiary/aromatic N) is 1. The molecule has 1 N–H and O–H groups in total. The summed E-state index contributed by atoms with van der Waals surface area (Å²) in [7, 11) is -4.02. The number of anilines is 1. The first-order valence-corrected chi connectivity index (χ1v) is 11.9. The standard InChI is InChI=1S/C20H23FN2O5S2/c1-3-28-20(25)18-13(2)11-17(29-18)22-19(24)14-7-8-15(21)16(12-14)30(26,27)23-9-5-4-6-10-23/h7-8,11-12H,3-6,9-10H2,1-2H3,(H,22,24). The molecule has 2 aromatic rings. The molecule has 1 fully saturated rings. The van der Waals surface area contributed by atoms with Gasteiger partial charge in [0.15, 0.2) is 0 Å². The molecule has 0 saturated carbocycles. The van der Waals surface area contributed by atoms with E-state index in [1.54, 1.807) is 19.9 Å². The highest BCUT2D eigenvalue weighted by Crippen LogP contribution is 2.29. The van der Waals surface area contributed by atoms with Crippen molar-refractivity contribution in [1.82, 2.24) is 4.31 Å². The van der Waals surface area contributed by atoms with Crippen molar-refractivity contribution in [1.29, 1.82) is 0 Å². The number of esters is 1. The van der Waals surface area contributed by atoms with Gasteiger partial charge < -0.3 is 10.1 Å². The van der Waals surface area contributed by atoms with E-state index in [0.29, 0.717) is 28.5 Å². The van der Waals surface area contributed by atoms with Gasteiger partial charge in [0.05, 0.1) is 11.6 Å². The number of hydrogen-bond acceptors (Lipinski definition) is 6. The van der Waals surface area contributed by atoms with E-state index in [-0.39, 0.29) is 12.2 Å². The lowest BCUT2D eigenvalue weighted by Crippen LogP contribution is -2.36. The van der Waals surface area contributed by atoms with Crippen molar-refractivity contribution in [2.45, 2.75) is 38.0 Å². The van der Waals surface area contributed by atoms with Gasteiger partial charge in [-0.1, -0.05) is 6.42 Å². The second-order valence-electron chi connectivity index (χ2n) is 6.91. The number of aryl methyl sites for hydroxylation is 1. The predicted molar refractivity (Wildman–Crippen MR) is 112 cm³/mol. The van der Waals surface area contributed by atoms with Gasteiger partial charge in [-0.25, -0.2) is 17.6 Å². The van der Waals surface area contributed by atoms with E-state index < -0.39 is 32.6 Å². The molecule has 0 bridgehead atoms. The molecule has 1 amide bonds. The van der Waals surface area contributed by atoms with Gasteiger partial charge in [0, 0.05) is 18.7 Å². The summed E-state index contributed by atoms with van der Waals surface area (Å²) in [6, 6.07) is 4.90. The summed E-state index contributed by atoms with van der Waals surface area (Å²) >= 11 is 1.06. The van der Waals surface area contributed by atoms with Gasteiger partial charge in [-0.15, -0.1) is 11.3 Å².